The zero-order chi connectivity index (χ0) is 17.4. The normalized spacial score (nSPS) is 13.5. The molecule has 0 radical (unpaired) electrons. The lowest BCUT2D eigenvalue weighted by Crippen LogP contribution is -2.35. The zero-order valence-corrected chi connectivity index (χ0v) is 13.6. The monoisotopic (exact) mass is 336 g/mol. The van der Waals surface area contributed by atoms with Gasteiger partial charge in [0.15, 0.2) is 6.61 Å². The lowest BCUT2D eigenvalue weighted by molar-refractivity contribution is -0.121. The molecular weight excluding hydrogens is 320 g/mol. The van der Waals surface area contributed by atoms with Gasteiger partial charge in [0.25, 0.3) is 5.91 Å². The molecule has 0 fully saturated rings. The number of hydrogen-bond acceptors (Lipinski definition) is 4. The zero-order valence-electron chi connectivity index (χ0n) is 13.6. The average molecular weight is 336 g/mol. The standard InChI is InChI=1S/C18H16N4O3/c1-22-15-6-11(2-5-16(15)25-10-18(22)24)7-17(23)20-13-4-3-12-9-19-21-14(12)8-13/h2-6,8-9H,7,10H2,1H3,(H,19,21)(H,20,23). The maximum atomic E-state index is 12.3. The summed E-state index contributed by atoms with van der Waals surface area (Å²) in [7, 11) is 1.70. The quantitative estimate of drug-likeness (QED) is 0.767. The molecule has 7 heteroatoms. The van der Waals surface area contributed by atoms with E-state index in [2.05, 4.69) is 15.5 Å². The first-order chi connectivity index (χ1) is 12.1. The fraction of sp³-hybridized carbons (Fsp3) is 0.167. The molecule has 0 saturated heterocycles. The summed E-state index contributed by atoms with van der Waals surface area (Å²) >= 11 is 0. The molecule has 1 aliphatic heterocycles. The van der Waals surface area contributed by atoms with Crippen LogP contribution in [0.5, 0.6) is 5.75 Å². The largest absolute Gasteiger partial charge is 0.482 e. The van der Waals surface area contributed by atoms with Gasteiger partial charge in [0.05, 0.1) is 23.8 Å². The molecule has 126 valence electrons. The topological polar surface area (TPSA) is 87.3 Å². The number of hydrogen-bond donors (Lipinski definition) is 2. The number of ether oxygens (including phenoxy) is 1. The van der Waals surface area contributed by atoms with Crippen LogP contribution in [0.25, 0.3) is 10.9 Å². The fourth-order valence-electron chi connectivity index (χ4n) is 2.83. The Hall–Kier alpha value is -3.35. The van der Waals surface area contributed by atoms with Gasteiger partial charge >= 0.3 is 0 Å². The number of aromatic nitrogens is 2. The molecule has 25 heavy (non-hydrogen) atoms. The molecular formula is C18H16N4O3. The number of carbonyl (C=O) groups excluding carboxylic acids is 2. The van der Waals surface area contributed by atoms with Gasteiger partial charge in [-0.05, 0) is 35.9 Å². The highest BCUT2D eigenvalue weighted by molar-refractivity contribution is 5.98. The first-order valence-electron chi connectivity index (χ1n) is 7.85. The van der Waals surface area contributed by atoms with Crippen LogP contribution < -0.4 is 15.0 Å². The van der Waals surface area contributed by atoms with Crippen molar-refractivity contribution in [3.05, 3.63) is 48.2 Å². The van der Waals surface area contributed by atoms with Crippen molar-refractivity contribution in [2.45, 2.75) is 6.42 Å². The van der Waals surface area contributed by atoms with Crippen molar-refractivity contribution >= 4 is 34.1 Å². The van der Waals surface area contributed by atoms with Gasteiger partial charge in [-0.15, -0.1) is 0 Å². The number of carbonyl (C=O) groups is 2. The Kier molecular flexibility index (Phi) is 3.61. The molecule has 4 rings (SSSR count). The number of anilines is 2. The Balaban J connectivity index is 1.50. The summed E-state index contributed by atoms with van der Waals surface area (Å²) in [4.78, 5) is 25.6. The van der Waals surface area contributed by atoms with E-state index in [9.17, 15) is 9.59 Å². The van der Waals surface area contributed by atoms with E-state index in [1.54, 1.807) is 24.2 Å². The summed E-state index contributed by atoms with van der Waals surface area (Å²) in [6, 6.07) is 11.0. The first-order valence-corrected chi connectivity index (χ1v) is 7.85. The van der Waals surface area contributed by atoms with E-state index in [-0.39, 0.29) is 24.8 Å². The summed E-state index contributed by atoms with van der Waals surface area (Å²) in [5.41, 5.74) is 3.06. The Morgan fingerprint density at radius 1 is 1.32 bits per heavy atom. The minimum absolute atomic E-state index is 0.0411. The lowest BCUT2D eigenvalue weighted by Gasteiger charge is -2.26. The van der Waals surface area contributed by atoms with E-state index in [1.807, 2.05) is 30.3 Å². The third kappa shape index (κ3) is 2.91. The molecule has 0 spiro atoms. The van der Waals surface area contributed by atoms with Crippen LogP contribution in [0.3, 0.4) is 0 Å². The van der Waals surface area contributed by atoms with Gasteiger partial charge in [-0.2, -0.15) is 5.10 Å². The Labute approximate surface area is 143 Å². The van der Waals surface area contributed by atoms with Gasteiger partial charge < -0.3 is 15.0 Å². The molecule has 2 N–H and O–H groups in total. The Morgan fingerprint density at radius 3 is 3.08 bits per heavy atom. The van der Waals surface area contributed by atoms with Gasteiger partial charge in [-0.25, -0.2) is 0 Å². The number of rotatable bonds is 3. The highest BCUT2D eigenvalue weighted by atomic mass is 16.5. The minimum atomic E-state index is -0.135. The van der Waals surface area contributed by atoms with Crippen molar-refractivity contribution in [3.63, 3.8) is 0 Å². The summed E-state index contributed by atoms with van der Waals surface area (Å²) in [5.74, 6) is 0.405. The maximum Gasteiger partial charge on any atom is 0.264 e. The second-order valence-electron chi connectivity index (χ2n) is 5.94. The van der Waals surface area contributed by atoms with Gasteiger partial charge in [-0.1, -0.05) is 6.07 Å². The number of likely N-dealkylation sites (N-methyl/N-ethyl adjacent to an activating group) is 1. The number of H-pyrrole nitrogens is 1. The number of nitrogens with zero attached hydrogens (tertiary/aromatic N) is 2. The van der Waals surface area contributed by atoms with Gasteiger partial charge in [0, 0.05) is 18.1 Å². The lowest BCUT2D eigenvalue weighted by atomic mass is 10.1. The van der Waals surface area contributed by atoms with Crippen molar-refractivity contribution in [1.82, 2.24) is 10.2 Å². The van der Waals surface area contributed by atoms with Crippen LogP contribution in [-0.4, -0.2) is 35.7 Å². The fourth-order valence-corrected chi connectivity index (χ4v) is 2.83. The molecule has 1 aliphatic rings. The smallest absolute Gasteiger partial charge is 0.264 e. The molecule has 2 heterocycles. The Bertz CT molecular complexity index is 979. The molecule has 3 aromatic rings. The highest BCUT2D eigenvalue weighted by Gasteiger charge is 2.22. The molecule has 0 bridgehead atoms. The predicted molar refractivity (Wildman–Crippen MR) is 93.8 cm³/mol. The number of aromatic amines is 1. The van der Waals surface area contributed by atoms with E-state index in [0.717, 1.165) is 16.5 Å². The molecule has 0 unspecified atom stereocenters. The molecule has 2 aromatic carbocycles. The average Bonchev–Trinajstić information content (AvgIpc) is 3.06. The molecule has 0 saturated carbocycles. The van der Waals surface area contributed by atoms with E-state index in [4.69, 9.17) is 4.74 Å². The maximum absolute atomic E-state index is 12.3. The second kappa shape index (κ2) is 5.94. The predicted octanol–water partition coefficient (Wildman–Crippen LogP) is 2.10. The van der Waals surface area contributed by atoms with Gasteiger partial charge in [0.1, 0.15) is 5.75 Å². The molecule has 7 nitrogen and oxygen atoms in total. The van der Waals surface area contributed by atoms with Crippen LogP contribution in [0.1, 0.15) is 5.56 Å². The van der Waals surface area contributed by atoms with Crippen LogP contribution in [0.4, 0.5) is 11.4 Å². The number of nitrogens with one attached hydrogen (secondary N) is 2. The van der Waals surface area contributed by atoms with Gasteiger partial charge in [0.2, 0.25) is 5.91 Å². The Morgan fingerprint density at radius 2 is 2.20 bits per heavy atom. The molecule has 0 atom stereocenters. The van der Waals surface area contributed by atoms with Crippen LogP contribution in [-0.2, 0) is 16.0 Å². The molecule has 1 aromatic heterocycles. The summed E-state index contributed by atoms with van der Waals surface area (Å²) < 4.78 is 5.39. The minimum Gasteiger partial charge on any atom is -0.482 e. The van der Waals surface area contributed by atoms with Crippen molar-refractivity contribution in [2.75, 3.05) is 23.9 Å². The van der Waals surface area contributed by atoms with Crippen LogP contribution in [0.15, 0.2) is 42.6 Å². The number of fused-ring (bicyclic) bond motifs is 2. The molecule has 2 amide bonds. The third-order valence-electron chi connectivity index (χ3n) is 4.20. The van der Waals surface area contributed by atoms with E-state index < -0.39 is 0 Å². The van der Waals surface area contributed by atoms with E-state index in [1.165, 1.54) is 0 Å². The van der Waals surface area contributed by atoms with Crippen molar-refractivity contribution in [1.29, 1.82) is 0 Å². The van der Waals surface area contributed by atoms with Crippen molar-refractivity contribution < 1.29 is 14.3 Å². The van der Waals surface area contributed by atoms with E-state index in [0.29, 0.717) is 17.1 Å². The first kappa shape index (κ1) is 15.2. The second-order valence-corrected chi connectivity index (χ2v) is 5.94. The SMILES string of the molecule is CN1C(=O)COc2ccc(CC(=O)Nc3ccc4cn[nH]c4c3)cc21. The van der Waals surface area contributed by atoms with Gasteiger partial charge in [-0.3, -0.25) is 14.7 Å². The third-order valence-corrected chi connectivity index (χ3v) is 4.20. The van der Waals surface area contributed by atoms with Crippen LogP contribution in [0.2, 0.25) is 0 Å². The number of amides is 2. The van der Waals surface area contributed by atoms with Crippen molar-refractivity contribution in [3.8, 4) is 5.75 Å². The summed E-state index contributed by atoms with van der Waals surface area (Å²) in [6.45, 7) is 0.0411. The summed E-state index contributed by atoms with van der Waals surface area (Å²) in [5, 5.41) is 10.7. The van der Waals surface area contributed by atoms with Crippen LogP contribution >= 0.6 is 0 Å². The number of benzene rings is 2. The molecule has 0 aliphatic carbocycles. The van der Waals surface area contributed by atoms with E-state index >= 15 is 0 Å². The van der Waals surface area contributed by atoms with Crippen molar-refractivity contribution in [2.24, 2.45) is 0 Å². The summed E-state index contributed by atoms with van der Waals surface area (Å²) in [6.07, 6.45) is 1.93. The van der Waals surface area contributed by atoms with Crippen LogP contribution in [0, 0.1) is 0 Å². The highest BCUT2D eigenvalue weighted by Crippen LogP contribution is 2.32.